The number of nitrogens with zero attached hydrogens (tertiary/aromatic N) is 3. The fourth-order valence-electron chi connectivity index (χ4n) is 2.88. The molecule has 1 aromatic rings. The van der Waals surface area contributed by atoms with Gasteiger partial charge < -0.3 is 27.9 Å². The van der Waals surface area contributed by atoms with Crippen molar-refractivity contribution >= 4 is 38.7 Å². The maximum Gasteiger partial charge on any atom is 0.364 e. The average molecular weight is 505 g/mol. The van der Waals surface area contributed by atoms with E-state index in [1.807, 2.05) is 0 Å². The molecule has 0 atom stereocenters. The summed E-state index contributed by atoms with van der Waals surface area (Å²) < 4.78 is 60.3. The van der Waals surface area contributed by atoms with Gasteiger partial charge in [0.2, 0.25) is 0 Å². The molecule has 0 saturated carbocycles. The summed E-state index contributed by atoms with van der Waals surface area (Å²) in [7, 11) is -14.6. The van der Waals surface area contributed by atoms with E-state index in [-0.39, 0.29) is 26.4 Å². The van der Waals surface area contributed by atoms with Crippen molar-refractivity contribution in [1.82, 2.24) is 0 Å². The van der Waals surface area contributed by atoms with Crippen LogP contribution in [0.4, 0.5) is 0 Å². The maximum atomic E-state index is 13.6. The Labute approximate surface area is 185 Å². The summed E-state index contributed by atoms with van der Waals surface area (Å²) in [6.07, 6.45) is 0. The molecule has 0 aliphatic carbocycles. The van der Waals surface area contributed by atoms with Gasteiger partial charge in [0.15, 0.2) is 0 Å². The molecule has 0 saturated heterocycles. The van der Waals surface area contributed by atoms with Crippen LogP contribution >= 0.6 is 22.8 Å². The molecule has 1 aromatic carbocycles. The van der Waals surface area contributed by atoms with E-state index in [9.17, 15) is 39.3 Å². The minimum atomic E-state index is -5.44. The summed E-state index contributed by atoms with van der Waals surface area (Å²) in [6.45, 7) is 4.80. The topological polar surface area (TPSA) is 200 Å². The molecule has 0 amide bonds. The van der Waals surface area contributed by atoms with Gasteiger partial charge >= 0.3 is 22.8 Å². The smallest absolute Gasteiger partial charge is 0.321 e. The van der Waals surface area contributed by atoms with Crippen LogP contribution in [0.5, 0.6) is 0 Å². The van der Waals surface area contributed by atoms with Crippen molar-refractivity contribution in [1.29, 1.82) is 15.8 Å². The highest BCUT2D eigenvalue weighted by Crippen LogP contribution is 2.54. The van der Waals surface area contributed by atoms with Crippen molar-refractivity contribution in [2.24, 2.45) is 0 Å². The molecule has 32 heavy (non-hydrogen) atoms. The first-order valence-corrected chi connectivity index (χ1v) is 14.0. The quantitative estimate of drug-likeness (QED) is 0.414. The van der Waals surface area contributed by atoms with Gasteiger partial charge in [-0.1, -0.05) is 0 Å². The standard InChI is InChI=1S/C17H22N3O9P3/c1-5-26-31(24,27-6-2)16-12(9-18)15(30(21,22)23)13(10-19)17(14(16)11-20)32(25,28-7-3)29-8-4/h5-8H2,1-4H3,(H2,21,22,23). The molecule has 0 bridgehead atoms. The van der Waals surface area contributed by atoms with Gasteiger partial charge in [-0.05, 0) is 27.7 Å². The van der Waals surface area contributed by atoms with Crippen LogP contribution in [0.25, 0.3) is 0 Å². The first-order chi connectivity index (χ1) is 15.0. The predicted octanol–water partition coefficient (Wildman–Crippen LogP) is 1.89. The van der Waals surface area contributed by atoms with Crippen molar-refractivity contribution in [2.45, 2.75) is 27.7 Å². The Bertz CT molecular complexity index is 1050. The molecule has 0 aliphatic rings. The molecule has 174 valence electrons. The van der Waals surface area contributed by atoms with E-state index in [0.717, 1.165) is 0 Å². The molecule has 15 heteroatoms. The zero-order valence-corrected chi connectivity index (χ0v) is 20.4. The van der Waals surface area contributed by atoms with E-state index in [1.165, 1.54) is 39.8 Å². The fourth-order valence-corrected chi connectivity index (χ4v) is 7.82. The highest BCUT2D eigenvalue weighted by atomic mass is 31.2. The van der Waals surface area contributed by atoms with Crippen LogP contribution in [0.1, 0.15) is 44.4 Å². The van der Waals surface area contributed by atoms with E-state index >= 15 is 0 Å². The summed E-state index contributed by atoms with van der Waals surface area (Å²) in [6, 6.07) is 4.59. The minimum absolute atomic E-state index is 0.234. The predicted molar refractivity (Wildman–Crippen MR) is 113 cm³/mol. The molecule has 0 spiro atoms. The molecule has 0 heterocycles. The molecule has 12 nitrogen and oxygen atoms in total. The Morgan fingerprint density at radius 3 is 1.06 bits per heavy atom. The molecule has 1 rings (SSSR count). The number of hydrogen-bond donors (Lipinski definition) is 2. The Morgan fingerprint density at radius 1 is 0.625 bits per heavy atom. The van der Waals surface area contributed by atoms with E-state index in [0.29, 0.717) is 0 Å². The van der Waals surface area contributed by atoms with E-state index in [4.69, 9.17) is 18.1 Å². The Hall–Kier alpha value is -1.86. The van der Waals surface area contributed by atoms with E-state index in [2.05, 4.69) is 0 Å². The minimum Gasteiger partial charge on any atom is -0.321 e. The number of benzene rings is 1. The lowest BCUT2D eigenvalue weighted by atomic mass is 10.1. The van der Waals surface area contributed by atoms with Crippen molar-refractivity contribution in [3.05, 3.63) is 16.7 Å². The third kappa shape index (κ3) is 5.37. The third-order valence-corrected chi connectivity index (χ3v) is 9.20. The summed E-state index contributed by atoms with van der Waals surface area (Å²) in [5, 5.41) is 26.5. The molecule has 0 radical (unpaired) electrons. The van der Waals surface area contributed by atoms with Gasteiger partial charge in [0.25, 0.3) is 0 Å². The fraction of sp³-hybridized carbons (Fsp3) is 0.471. The Morgan fingerprint density at radius 2 is 0.875 bits per heavy atom. The largest absolute Gasteiger partial charge is 0.364 e. The lowest BCUT2D eigenvalue weighted by Gasteiger charge is -2.26. The van der Waals surface area contributed by atoms with Gasteiger partial charge in [0, 0.05) is 0 Å². The molecule has 2 N–H and O–H groups in total. The van der Waals surface area contributed by atoms with Gasteiger partial charge in [-0.25, -0.2) is 0 Å². The van der Waals surface area contributed by atoms with Crippen LogP contribution in [0, 0.1) is 34.0 Å². The van der Waals surface area contributed by atoms with Crippen LogP contribution < -0.4 is 15.9 Å². The second-order valence-corrected chi connectivity index (χ2v) is 11.2. The zero-order valence-electron chi connectivity index (χ0n) is 17.8. The normalized spacial score (nSPS) is 12.1. The zero-order chi connectivity index (χ0) is 24.7. The lowest BCUT2D eigenvalue weighted by Crippen LogP contribution is -2.36. The third-order valence-electron chi connectivity index (χ3n) is 3.79. The van der Waals surface area contributed by atoms with E-state index < -0.39 is 55.4 Å². The molecule has 0 aromatic heterocycles. The second-order valence-electron chi connectivity index (χ2n) is 5.72. The second kappa shape index (κ2) is 11.3. The monoisotopic (exact) mass is 505 g/mol. The summed E-state index contributed by atoms with van der Waals surface area (Å²) in [5.74, 6) is 0. The van der Waals surface area contributed by atoms with Crippen molar-refractivity contribution in [2.75, 3.05) is 26.4 Å². The van der Waals surface area contributed by atoms with Gasteiger partial charge in [-0.3, -0.25) is 13.7 Å². The van der Waals surface area contributed by atoms with E-state index in [1.54, 1.807) is 6.07 Å². The summed E-state index contributed by atoms with van der Waals surface area (Å²) in [5.41, 5.74) is -2.66. The first-order valence-electron chi connectivity index (χ1n) is 9.25. The van der Waals surface area contributed by atoms with Gasteiger partial charge in [0.05, 0.1) is 43.1 Å². The number of rotatable bonds is 11. The SMILES string of the molecule is CCOP(=O)(OCC)c1c(C#N)c(P(=O)(O)O)c(C#N)c(P(=O)(OCC)OCC)c1C#N. The van der Waals surface area contributed by atoms with Crippen molar-refractivity contribution in [3.63, 3.8) is 0 Å². The average Bonchev–Trinajstić information content (AvgIpc) is 2.71. The van der Waals surface area contributed by atoms with Gasteiger partial charge in [-0.15, -0.1) is 0 Å². The van der Waals surface area contributed by atoms with Crippen molar-refractivity contribution in [3.8, 4) is 18.2 Å². The highest BCUT2D eigenvalue weighted by molar-refractivity contribution is 7.65. The highest BCUT2D eigenvalue weighted by Gasteiger charge is 2.46. The molecular formula is C17H22N3O9P3. The lowest BCUT2D eigenvalue weighted by molar-refractivity contribution is 0.230. The Balaban J connectivity index is 4.60. The summed E-state index contributed by atoms with van der Waals surface area (Å²) in [4.78, 5) is 19.9. The Kier molecular flexibility index (Phi) is 9.97. The van der Waals surface area contributed by atoms with Crippen LogP contribution in [0.2, 0.25) is 0 Å². The molecule has 0 aliphatic heterocycles. The number of nitriles is 3. The molecule has 0 unspecified atom stereocenters. The maximum absolute atomic E-state index is 13.6. The van der Waals surface area contributed by atoms with Crippen LogP contribution in [0.3, 0.4) is 0 Å². The molecule has 0 fully saturated rings. The van der Waals surface area contributed by atoms with Crippen LogP contribution in [-0.2, 0) is 31.8 Å². The summed E-state index contributed by atoms with van der Waals surface area (Å²) >= 11 is 0. The van der Waals surface area contributed by atoms with Crippen LogP contribution in [-0.4, -0.2) is 36.2 Å². The van der Waals surface area contributed by atoms with Crippen LogP contribution in [0.15, 0.2) is 0 Å². The van der Waals surface area contributed by atoms with Crippen molar-refractivity contribution < 1.29 is 41.6 Å². The molecular weight excluding hydrogens is 483 g/mol. The number of hydrogen-bond acceptors (Lipinski definition) is 10. The first kappa shape index (κ1) is 28.2. The van der Waals surface area contributed by atoms with Gasteiger partial charge in [-0.2, -0.15) is 15.8 Å². The van der Waals surface area contributed by atoms with Gasteiger partial charge in [0.1, 0.15) is 34.1 Å².